The van der Waals surface area contributed by atoms with Crippen molar-refractivity contribution >= 4 is 27.6 Å². The molecule has 0 aliphatic heterocycles. The Morgan fingerprint density at radius 2 is 1.90 bits per heavy atom. The van der Waals surface area contributed by atoms with E-state index in [0.29, 0.717) is 0 Å². The van der Waals surface area contributed by atoms with Gasteiger partial charge in [0.15, 0.2) is 0 Å². The van der Waals surface area contributed by atoms with E-state index in [4.69, 9.17) is 16.7 Å². The van der Waals surface area contributed by atoms with Crippen LogP contribution in [0.25, 0.3) is 0 Å². The van der Waals surface area contributed by atoms with Gasteiger partial charge in [-0.3, -0.25) is 4.79 Å². The number of rotatable bonds is 5. The van der Waals surface area contributed by atoms with Gasteiger partial charge in [0.2, 0.25) is 10.0 Å². The van der Waals surface area contributed by atoms with Crippen molar-refractivity contribution in [3.63, 3.8) is 0 Å². The maximum Gasteiger partial charge on any atom is 0.304 e. The molecule has 0 saturated heterocycles. The van der Waals surface area contributed by atoms with Crippen LogP contribution in [0.3, 0.4) is 0 Å². The fraction of sp³-hybridized carbons (Fsp3) is 0.462. The molecule has 0 saturated carbocycles. The molecule has 1 unspecified atom stereocenters. The molecule has 5 nitrogen and oxygen atoms in total. The monoisotopic (exact) mass is 319 g/mol. The topological polar surface area (TPSA) is 83.5 Å². The number of halogens is 1. The second-order valence-electron chi connectivity index (χ2n) is 5.57. The van der Waals surface area contributed by atoms with Crippen LogP contribution in [0.15, 0.2) is 29.2 Å². The van der Waals surface area contributed by atoms with Crippen molar-refractivity contribution in [2.45, 2.75) is 38.1 Å². The van der Waals surface area contributed by atoms with Gasteiger partial charge in [-0.15, -0.1) is 0 Å². The van der Waals surface area contributed by atoms with E-state index in [0.717, 1.165) is 0 Å². The Bertz CT molecular complexity index is 593. The molecular weight excluding hydrogens is 302 g/mol. The first-order chi connectivity index (χ1) is 9.04. The van der Waals surface area contributed by atoms with Crippen LogP contribution in [0, 0.1) is 5.41 Å². The number of hydrogen-bond donors (Lipinski definition) is 2. The van der Waals surface area contributed by atoms with Crippen molar-refractivity contribution in [3.8, 4) is 0 Å². The third kappa shape index (κ3) is 4.47. The molecule has 0 aliphatic carbocycles. The average molecular weight is 320 g/mol. The van der Waals surface area contributed by atoms with E-state index in [-0.39, 0.29) is 16.3 Å². The highest BCUT2D eigenvalue weighted by atomic mass is 35.5. The largest absolute Gasteiger partial charge is 0.481 e. The number of carbonyl (C=O) groups is 1. The second kappa shape index (κ2) is 6.11. The zero-order chi connectivity index (χ0) is 15.6. The number of benzene rings is 1. The van der Waals surface area contributed by atoms with Crippen LogP contribution in [0.2, 0.25) is 5.02 Å². The number of sulfonamides is 1. The Balaban J connectivity index is 3.10. The minimum Gasteiger partial charge on any atom is -0.481 e. The smallest absolute Gasteiger partial charge is 0.304 e. The molecule has 0 fully saturated rings. The zero-order valence-corrected chi connectivity index (χ0v) is 13.1. The van der Waals surface area contributed by atoms with Gasteiger partial charge in [0, 0.05) is 6.04 Å². The summed E-state index contributed by atoms with van der Waals surface area (Å²) in [6, 6.07) is 5.30. The maximum absolute atomic E-state index is 12.3. The Hall–Kier alpha value is -1.11. The summed E-state index contributed by atoms with van der Waals surface area (Å²) in [6.45, 7) is 5.32. The standard InChI is InChI=1S/C13H18ClNO4S/c1-13(2,3)11(8-12(16)17)15-20(18,19)10-7-5-4-6-9(10)14/h4-7,11,15H,8H2,1-3H3,(H,16,17). The van der Waals surface area contributed by atoms with Gasteiger partial charge in [0.05, 0.1) is 11.4 Å². The van der Waals surface area contributed by atoms with Crippen molar-refractivity contribution in [2.75, 3.05) is 0 Å². The molecule has 112 valence electrons. The molecule has 1 rings (SSSR count). The highest BCUT2D eigenvalue weighted by Crippen LogP contribution is 2.26. The summed E-state index contributed by atoms with van der Waals surface area (Å²) in [5, 5.41) is 9.01. The summed E-state index contributed by atoms with van der Waals surface area (Å²) < 4.78 is 27.0. The van der Waals surface area contributed by atoms with Crippen molar-refractivity contribution < 1.29 is 18.3 Å². The van der Waals surface area contributed by atoms with Crippen LogP contribution in [-0.2, 0) is 14.8 Å². The molecule has 0 aromatic heterocycles. The van der Waals surface area contributed by atoms with Crippen molar-refractivity contribution in [1.82, 2.24) is 4.72 Å². The van der Waals surface area contributed by atoms with Crippen molar-refractivity contribution in [3.05, 3.63) is 29.3 Å². The van der Waals surface area contributed by atoms with Gasteiger partial charge < -0.3 is 5.11 Å². The lowest BCUT2D eigenvalue weighted by atomic mass is 9.85. The molecular formula is C13H18ClNO4S. The van der Waals surface area contributed by atoms with E-state index >= 15 is 0 Å². The number of nitrogens with one attached hydrogen (secondary N) is 1. The summed E-state index contributed by atoms with van der Waals surface area (Å²) in [5.41, 5.74) is -0.535. The lowest BCUT2D eigenvalue weighted by molar-refractivity contribution is -0.138. The lowest BCUT2D eigenvalue weighted by Gasteiger charge is -2.30. The van der Waals surface area contributed by atoms with Gasteiger partial charge in [-0.1, -0.05) is 44.5 Å². The molecule has 0 amide bonds. The lowest BCUT2D eigenvalue weighted by Crippen LogP contribution is -2.45. The summed E-state index contributed by atoms with van der Waals surface area (Å²) in [4.78, 5) is 10.8. The third-order valence-electron chi connectivity index (χ3n) is 2.85. The Kier molecular flexibility index (Phi) is 5.18. The van der Waals surface area contributed by atoms with E-state index in [1.807, 2.05) is 0 Å². The second-order valence-corrected chi connectivity index (χ2v) is 7.66. The van der Waals surface area contributed by atoms with Crippen LogP contribution in [0.5, 0.6) is 0 Å². The van der Waals surface area contributed by atoms with Crippen LogP contribution in [0.1, 0.15) is 27.2 Å². The summed E-state index contributed by atoms with van der Waals surface area (Å²) in [7, 11) is -3.86. The minimum absolute atomic E-state index is 0.0543. The Morgan fingerprint density at radius 3 is 2.35 bits per heavy atom. The highest BCUT2D eigenvalue weighted by molar-refractivity contribution is 7.89. The fourth-order valence-electron chi connectivity index (χ4n) is 1.61. The van der Waals surface area contributed by atoms with Crippen LogP contribution < -0.4 is 4.72 Å². The predicted octanol–water partition coefficient (Wildman–Crippen LogP) is 2.51. The molecule has 7 heteroatoms. The van der Waals surface area contributed by atoms with E-state index < -0.39 is 27.4 Å². The first-order valence-corrected chi connectivity index (χ1v) is 7.89. The Morgan fingerprint density at radius 1 is 1.35 bits per heavy atom. The van der Waals surface area contributed by atoms with Crippen LogP contribution in [0.4, 0.5) is 0 Å². The molecule has 0 aliphatic rings. The number of carboxylic acid groups (broad SMARTS) is 1. The molecule has 0 radical (unpaired) electrons. The minimum atomic E-state index is -3.86. The van der Waals surface area contributed by atoms with Gasteiger partial charge in [0.1, 0.15) is 4.90 Å². The molecule has 1 aromatic rings. The van der Waals surface area contributed by atoms with Gasteiger partial charge in [-0.25, -0.2) is 13.1 Å². The van der Waals surface area contributed by atoms with E-state index in [1.54, 1.807) is 32.9 Å². The molecule has 20 heavy (non-hydrogen) atoms. The SMILES string of the molecule is CC(C)(C)C(CC(=O)O)NS(=O)(=O)c1ccccc1Cl. The van der Waals surface area contributed by atoms with Gasteiger partial charge in [0.25, 0.3) is 0 Å². The van der Waals surface area contributed by atoms with Crippen molar-refractivity contribution in [1.29, 1.82) is 0 Å². The highest BCUT2D eigenvalue weighted by Gasteiger charge is 2.32. The first-order valence-electron chi connectivity index (χ1n) is 6.02. The quantitative estimate of drug-likeness (QED) is 0.873. The number of hydrogen-bond acceptors (Lipinski definition) is 3. The zero-order valence-electron chi connectivity index (χ0n) is 11.6. The average Bonchev–Trinajstić information content (AvgIpc) is 2.26. The molecule has 2 N–H and O–H groups in total. The molecule has 0 spiro atoms. The first kappa shape index (κ1) is 16.9. The molecule has 0 heterocycles. The van der Waals surface area contributed by atoms with Gasteiger partial charge >= 0.3 is 5.97 Å². The molecule has 0 bridgehead atoms. The fourth-order valence-corrected chi connectivity index (χ4v) is 3.57. The van der Waals surface area contributed by atoms with Crippen LogP contribution >= 0.6 is 11.6 Å². The molecule has 1 aromatic carbocycles. The van der Waals surface area contributed by atoms with Gasteiger partial charge in [-0.05, 0) is 17.5 Å². The van der Waals surface area contributed by atoms with E-state index in [1.165, 1.54) is 12.1 Å². The number of aliphatic carboxylic acids is 1. The Labute approximate surface area is 124 Å². The summed E-state index contributed by atoms with van der Waals surface area (Å²) in [6.07, 6.45) is -0.298. The summed E-state index contributed by atoms with van der Waals surface area (Å²) in [5.74, 6) is -1.06. The van der Waals surface area contributed by atoms with Crippen LogP contribution in [-0.4, -0.2) is 25.5 Å². The maximum atomic E-state index is 12.3. The number of carboxylic acids is 1. The summed E-state index contributed by atoms with van der Waals surface area (Å²) >= 11 is 5.88. The van der Waals surface area contributed by atoms with Gasteiger partial charge in [-0.2, -0.15) is 0 Å². The van der Waals surface area contributed by atoms with E-state index in [2.05, 4.69) is 4.72 Å². The predicted molar refractivity (Wildman–Crippen MR) is 77.3 cm³/mol. The molecule has 1 atom stereocenters. The normalized spacial score (nSPS) is 14.0. The van der Waals surface area contributed by atoms with E-state index in [9.17, 15) is 13.2 Å². The van der Waals surface area contributed by atoms with Crippen molar-refractivity contribution in [2.24, 2.45) is 5.41 Å². The third-order valence-corrected chi connectivity index (χ3v) is 4.82.